The number of nitrogens with zero attached hydrogens (tertiary/aromatic N) is 1. The van der Waals surface area contributed by atoms with Gasteiger partial charge in [0.05, 0.1) is 6.61 Å². The number of primary amides is 1. The fourth-order valence-corrected chi connectivity index (χ4v) is 2.34. The molecule has 0 spiro atoms. The van der Waals surface area contributed by atoms with Crippen LogP contribution in [0.2, 0.25) is 0 Å². The van der Waals surface area contributed by atoms with Crippen molar-refractivity contribution in [3.05, 3.63) is 29.8 Å². The van der Waals surface area contributed by atoms with Gasteiger partial charge in [0.1, 0.15) is 12.5 Å². The Morgan fingerprint density at radius 2 is 2.10 bits per heavy atom. The van der Waals surface area contributed by atoms with Crippen LogP contribution in [0.25, 0.3) is 0 Å². The summed E-state index contributed by atoms with van der Waals surface area (Å²) in [5.74, 6) is -2.53. The maximum Gasteiger partial charge on any atom is 0.240 e. The third-order valence-electron chi connectivity index (χ3n) is 3.35. The molecule has 7 nitrogen and oxygen atoms in total. The summed E-state index contributed by atoms with van der Waals surface area (Å²) in [5.41, 5.74) is 6.68. The fraction of sp³-hybridized carbons (Fsp3) is 0.357. The van der Waals surface area contributed by atoms with Crippen LogP contribution >= 0.6 is 0 Å². The number of benzene rings is 1. The number of fused-ring (bicyclic) bond motifs is 1. The van der Waals surface area contributed by atoms with E-state index in [0.717, 1.165) is 5.56 Å². The molecule has 1 aliphatic heterocycles. The Kier molecular flexibility index (Phi) is 4.54. The van der Waals surface area contributed by atoms with Crippen molar-refractivity contribution >= 4 is 23.4 Å². The predicted octanol–water partition coefficient (Wildman–Crippen LogP) is -1.21. The largest absolute Gasteiger partial charge is 0.395 e. The summed E-state index contributed by atoms with van der Waals surface area (Å²) >= 11 is 0. The second-order valence-corrected chi connectivity index (χ2v) is 4.79. The van der Waals surface area contributed by atoms with Crippen molar-refractivity contribution in [2.75, 3.05) is 24.6 Å². The number of rotatable bonds is 5. The minimum atomic E-state index is -0.953. The van der Waals surface area contributed by atoms with Gasteiger partial charge in [-0.2, -0.15) is 0 Å². The summed E-state index contributed by atoms with van der Waals surface area (Å²) in [6.45, 7) is -0.276. The molecule has 21 heavy (non-hydrogen) atoms. The molecule has 3 amide bonds. The zero-order valence-corrected chi connectivity index (χ0v) is 11.4. The Hall–Kier alpha value is -2.41. The van der Waals surface area contributed by atoms with Gasteiger partial charge >= 0.3 is 0 Å². The first-order chi connectivity index (χ1) is 10.0. The quantitative estimate of drug-likeness (QED) is 0.590. The Morgan fingerprint density at radius 1 is 1.38 bits per heavy atom. The van der Waals surface area contributed by atoms with Crippen LogP contribution in [-0.4, -0.2) is 42.5 Å². The molecule has 1 aromatic carbocycles. The Bertz CT molecular complexity index is 573. The van der Waals surface area contributed by atoms with Gasteiger partial charge in [0.25, 0.3) is 0 Å². The number of carbonyl (C=O) groups excluding carboxylic acids is 3. The third-order valence-corrected chi connectivity index (χ3v) is 3.35. The van der Waals surface area contributed by atoms with Gasteiger partial charge in [0.15, 0.2) is 0 Å². The molecule has 0 aromatic heterocycles. The summed E-state index contributed by atoms with van der Waals surface area (Å²) in [4.78, 5) is 36.8. The minimum Gasteiger partial charge on any atom is -0.395 e. The Morgan fingerprint density at radius 3 is 2.76 bits per heavy atom. The molecular formula is C14H17N3O4. The highest BCUT2D eigenvalue weighted by Gasteiger charge is 2.36. The molecule has 7 heteroatoms. The zero-order valence-electron chi connectivity index (χ0n) is 11.4. The first kappa shape index (κ1) is 15.0. The number of nitrogens with two attached hydrogens (primary N) is 1. The van der Waals surface area contributed by atoms with E-state index in [1.54, 1.807) is 24.3 Å². The van der Waals surface area contributed by atoms with Crippen LogP contribution in [0.1, 0.15) is 5.56 Å². The second-order valence-electron chi connectivity index (χ2n) is 4.79. The van der Waals surface area contributed by atoms with E-state index in [-0.39, 0.29) is 26.1 Å². The predicted molar refractivity (Wildman–Crippen MR) is 75.3 cm³/mol. The van der Waals surface area contributed by atoms with E-state index in [0.29, 0.717) is 5.69 Å². The fourth-order valence-electron chi connectivity index (χ4n) is 2.34. The number of anilines is 1. The molecule has 1 aromatic rings. The van der Waals surface area contributed by atoms with E-state index in [2.05, 4.69) is 5.32 Å². The monoisotopic (exact) mass is 291 g/mol. The molecule has 0 saturated carbocycles. The van der Waals surface area contributed by atoms with Crippen molar-refractivity contribution in [3.63, 3.8) is 0 Å². The highest BCUT2D eigenvalue weighted by atomic mass is 16.3. The first-order valence-electron chi connectivity index (χ1n) is 6.60. The summed E-state index contributed by atoms with van der Waals surface area (Å²) in [6, 6.07) is 7.09. The van der Waals surface area contributed by atoms with Crippen molar-refractivity contribution in [2.45, 2.75) is 6.42 Å². The van der Waals surface area contributed by atoms with E-state index >= 15 is 0 Å². The highest BCUT2D eigenvalue weighted by Crippen LogP contribution is 2.30. The van der Waals surface area contributed by atoms with Gasteiger partial charge in [-0.25, -0.2) is 0 Å². The van der Waals surface area contributed by atoms with Gasteiger partial charge in [0, 0.05) is 12.2 Å². The lowest BCUT2D eigenvalue weighted by atomic mass is 9.91. The molecule has 0 saturated heterocycles. The smallest absolute Gasteiger partial charge is 0.240 e. The third kappa shape index (κ3) is 3.19. The lowest BCUT2D eigenvalue weighted by Crippen LogP contribution is -2.50. The lowest BCUT2D eigenvalue weighted by molar-refractivity contribution is -0.133. The summed E-state index contributed by atoms with van der Waals surface area (Å²) < 4.78 is 0. The van der Waals surface area contributed by atoms with Gasteiger partial charge in [-0.15, -0.1) is 0 Å². The summed E-state index contributed by atoms with van der Waals surface area (Å²) in [7, 11) is 0. The van der Waals surface area contributed by atoms with Crippen molar-refractivity contribution in [1.29, 1.82) is 0 Å². The van der Waals surface area contributed by atoms with Crippen molar-refractivity contribution in [3.8, 4) is 0 Å². The maximum absolute atomic E-state index is 12.3. The van der Waals surface area contributed by atoms with E-state index in [4.69, 9.17) is 10.8 Å². The topological polar surface area (TPSA) is 113 Å². The summed E-state index contributed by atoms with van der Waals surface area (Å²) in [5, 5.41) is 11.2. The van der Waals surface area contributed by atoms with Gasteiger partial charge in [-0.1, -0.05) is 18.2 Å². The maximum atomic E-state index is 12.3. The number of hydrogen-bond acceptors (Lipinski definition) is 4. The molecule has 1 heterocycles. The average molecular weight is 291 g/mol. The van der Waals surface area contributed by atoms with Crippen LogP contribution in [0.15, 0.2) is 24.3 Å². The van der Waals surface area contributed by atoms with Gasteiger partial charge in [-0.05, 0) is 18.1 Å². The summed E-state index contributed by atoms with van der Waals surface area (Å²) in [6.07, 6.45) is 0.249. The molecule has 1 unspecified atom stereocenters. The molecule has 1 aliphatic rings. The normalized spacial score (nSPS) is 17.3. The average Bonchev–Trinajstić information content (AvgIpc) is 2.47. The van der Waals surface area contributed by atoms with E-state index in [1.807, 2.05) is 0 Å². The van der Waals surface area contributed by atoms with Crippen molar-refractivity contribution < 1.29 is 19.5 Å². The van der Waals surface area contributed by atoms with Crippen LogP contribution < -0.4 is 16.0 Å². The number of aliphatic hydroxyl groups is 1. The van der Waals surface area contributed by atoms with Gasteiger partial charge in [0.2, 0.25) is 17.7 Å². The van der Waals surface area contributed by atoms with Gasteiger partial charge < -0.3 is 21.1 Å². The lowest BCUT2D eigenvalue weighted by Gasteiger charge is -2.32. The minimum absolute atomic E-state index is 0.113. The molecule has 0 fully saturated rings. The van der Waals surface area contributed by atoms with Crippen LogP contribution in [0.5, 0.6) is 0 Å². The number of carbonyl (C=O) groups is 3. The van der Waals surface area contributed by atoms with E-state index in [9.17, 15) is 14.4 Å². The number of amides is 3. The molecule has 0 aliphatic carbocycles. The molecule has 1 atom stereocenters. The van der Waals surface area contributed by atoms with Crippen molar-refractivity contribution in [2.24, 2.45) is 11.7 Å². The van der Waals surface area contributed by atoms with Gasteiger partial charge in [-0.3, -0.25) is 14.4 Å². The number of nitrogens with one attached hydrogen (secondary N) is 1. The van der Waals surface area contributed by atoms with Crippen LogP contribution in [0.4, 0.5) is 5.69 Å². The molecular weight excluding hydrogens is 274 g/mol. The second kappa shape index (κ2) is 6.36. The number of para-hydroxylation sites is 1. The molecule has 0 bridgehead atoms. The SMILES string of the molecule is NC(=O)C1Cc2ccccc2N(CC(=O)NCCO)C1=O. The first-order valence-corrected chi connectivity index (χ1v) is 6.60. The molecule has 112 valence electrons. The number of aliphatic hydroxyl groups excluding tert-OH is 1. The highest BCUT2D eigenvalue weighted by molar-refractivity contribution is 6.11. The van der Waals surface area contributed by atoms with Crippen LogP contribution in [0, 0.1) is 5.92 Å². The van der Waals surface area contributed by atoms with Crippen molar-refractivity contribution in [1.82, 2.24) is 5.32 Å². The molecule has 2 rings (SSSR count). The van der Waals surface area contributed by atoms with Crippen LogP contribution in [-0.2, 0) is 20.8 Å². The van der Waals surface area contributed by atoms with Crippen LogP contribution in [0.3, 0.4) is 0 Å². The standard InChI is InChI=1S/C14H17N3O4/c15-13(20)10-7-9-3-1-2-4-11(9)17(14(10)21)8-12(19)16-5-6-18/h1-4,10,18H,5-8H2,(H2,15,20)(H,16,19). The Labute approximate surface area is 121 Å². The number of hydrogen-bond donors (Lipinski definition) is 3. The van der Waals surface area contributed by atoms with E-state index in [1.165, 1.54) is 4.90 Å². The van der Waals surface area contributed by atoms with E-state index < -0.39 is 23.6 Å². The molecule has 4 N–H and O–H groups in total. The Balaban J connectivity index is 2.26. The molecule has 0 radical (unpaired) electrons. The zero-order chi connectivity index (χ0) is 15.4.